The van der Waals surface area contributed by atoms with Gasteiger partial charge in [0.1, 0.15) is 11.2 Å². The van der Waals surface area contributed by atoms with E-state index in [2.05, 4.69) is 28.7 Å². The highest BCUT2D eigenvalue weighted by Crippen LogP contribution is 2.32. The van der Waals surface area contributed by atoms with Crippen molar-refractivity contribution < 1.29 is 8.83 Å². The van der Waals surface area contributed by atoms with Crippen molar-refractivity contribution in [3.8, 4) is 0 Å². The van der Waals surface area contributed by atoms with Crippen LogP contribution in [0.2, 0.25) is 0 Å². The number of furan rings is 1. The summed E-state index contributed by atoms with van der Waals surface area (Å²) in [6, 6.07) is 2.06. The molecule has 0 saturated heterocycles. The largest absolute Gasteiger partial charge is 0.464 e. The second-order valence-electron chi connectivity index (χ2n) is 4.80. The first-order valence-electron chi connectivity index (χ1n) is 6.04. The van der Waals surface area contributed by atoms with Gasteiger partial charge in [0.25, 0.3) is 0 Å². The normalized spacial score (nSPS) is 11.6. The molecule has 3 nitrogen and oxygen atoms in total. The van der Waals surface area contributed by atoms with Gasteiger partial charge in [0.15, 0.2) is 0 Å². The van der Waals surface area contributed by atoms with Crippen molar-refractivity contribution >= 4 is 44.5 Å². The van der Waals surface area contributed by atoms with Crippen molar-refractivity contribution in [3.63, 3.8) is 0 Å². The topological polar surface area (TPSA) is 43.4 Å². The lowest BCUT2D eigenvalue weighted by molar-refractivity contribution is 0.549. The summed E-state index contributed by atoms with van der Waals surface area (Å²) in [5.41, 5.74) is 4.93. The zero-order chi connectivity index (χ0) is 13.7. The van der Waals surface area contributed by atoms with Crippen LogP contribution in [0.4, 0.5) is 0 Å². The first-order chi connectivity index (χ1) is 9.04. The number of halogens is 1. The molecule has 1 aromatic carbocycles. The Kier molecular flexibility index (Phi) is 2.92. The number of aryl methyl sites for hydroxylation is 3. The van der Waals surface area contributed by atoms with E-state index in [1.54, 1.807) is 6.26 Å². The van der Waals surface area contributed by atoms with Crippen LogP contribution in [0, 0.1) is 20.8 Å². The van der Waals surface area contributed by atoms with E-state index in [4.69, 9.17) is 8.83 Å². The van der Waals surface area contributed by atoms with E-state index in [1.807, 2.05) is 20.8 Å². The van der Waals surface area contributed by atoms with Crippen molar-refractivity contribution in [2.24, 2.45) is 0 Å². The molecule has 19 heavy (non-hydrogen) atoms. The fourth-order valence-electron chi connectivity index (χ4n) is 2.47. The summed E-state index contributed by atoms with van der Waals surface area (Å²) in [7, 11) is 0. The minimum Gasteiger partial charge on any atom is -0.464 e. The third kappa shape index (κ3) is 1.73. The predicted octanol–water partition coefficient (Wildman–Crippen LogP) is 4.40. The average molecular weight is 368 g/mol. The summed E-state index contributed by atoms with van der Waals surface area (Å²) < 4.78 is 11.7. The summed E-state index contributed by atoms with van der Waals surface area (Å²) in [6.07, 6.45) is 1.74. The fraction of sp³-hybridized carbons (Fsp3) is 0.267. The molecule has 0 amide bonds. The third-order valence-corrected chi connectivity index (χ3v) is 4.43. The van der Waals surface area contributed by atoms with E-state index in [-0.39, 0.29) is 5.63 Å². The van der Waals surface area contributed by atoms with Crippen LogP contribution in [0.5, 0.6) is 0 Å². The Labute approximate surface area is 123 Å². The lowest BCUT2D eigenvalue weighted by Gasteiger charge is -2.08. The quantitative estimate of drug-likeness (QED) is 0.363. The maximum Gasteiger partial charge on any atom is 0.340 e. The minimum atomic E-state index is -0.245. The van der Waals surface area contributed by atoms with Gasteiger partial charge in [-0.05, 0) is 38.0 Å². The van der Waals surface area contributed by atoms with Gasteiger partial charge in [-0.1, -0.05) is 22.6 Å². The first kappa shape index (κ1) is 12.7. The van der Waals surface area contributed by atoms with Gasteiger partial charge in [0, 0.05) is 20.8 Å². The van der Waals surface area contributed by atoms with Crippen LogP contribution in [0.3, 0.4) is 0 Å². The maximum atomic E-state index is 12.0. The molecule has 98 valence electrons. The number of rotatable bonds is 1. The van der Waals surface area contributed by atoms with Crippen molar-refractivity contribution in [2.45, 2.75) is 25.2 Å². The predicted molar refractivity (Wildman–Crippen MR) is 84.2 cm³/mol. The number of fused-ring (bicyclic) bond motifs is 2. The highest BCUT2D eigenvalue weighted by atomic mass is 127. The molecule has 0 radical (unpaired) electrons. The lowest BCUT2D eigenvalue weighted by Crippen LogP contribution is -2.08. The van der Waals surface area contributed by atoms with Crippen LogP contribution in [0.1, 0.15) is 22.3 Å². The minimum absolute atomic E-state index is 0.245. The van der Waals surface area contributed by atoms with E-state index in [0.717, 1.165) is 38.6 Å². The number of hydrogen-bond donors (Lipinski definition) is 0. The van der Waals surface area contributed by atoms with Gasteiger partial charge in [-0.15, -0.1) is 0 Å². The highest BCUT2D eigenvalue weighted by Gasteiger charge is 2.16. The zero-order valence-corrected chi connectivity index (χ0v) is 13.1. The van der Waals surface area contributed by atoms with Crippen molar-refractivity contribution in [1.29, 1.82) is 0 Å². The summed E-state index contributed by atoms with van der Waals surface area (Å²) in [5, 5.41) is 2.09. The van der Waals surface area contributed by atoms with Crippen LogP contribution in [0.25, 0.3) is 21.9 Å². The molecule has 2 aromatic heterocycles. The van der Waals surface area contributed by atoms with E-state index in [1.165, 1.54) is 0 Å². The SMILES string of the molecule is Cc1coc2c(C)c3oc(=O)c(CI)c(C)c3cc12. The number of hydrogen-bond acceptors (Lipinski definition) is 3. The van der Waals surface area contributed by atoms with E-state index in [9.17, 15) is 4.79 Å². The molecule has 0 fully saturated rings. The zero-order valence-electron chi connectivity index (χ0n) is 11.0. The van der Waals surface area contributed by atoms with Gasteiger partial charge in [0.05, 0.1) is 11.8 Å². The summed E-state index contributed by atoms with van der Waals surface area (Å²) in [4.78, 5) is 12.0. The van der Waals surface area contributed by atoms with Crippen LogP contribution >= 0.6 is 22.6 Å². The Balaban J connectivity index is 2.60. The second-order valence-corrected chi connectivity index (χ2v) is 5.56. The van der Waals surface area contributed by atoms with Gasteiger partial charge in [-0.2, -0.15) is 0 Å². The highest BCUT2D eigenvalue weighted by molar-refractivity contribution is 14.1. The molecule has 3 rings (SSSR count). The molecule has 0 saturated carbocycles. The van der Waals surface area contributed by atoms with Crippen LogP contribution in [-0.2, 0) is 4.43 Å². The average Bonchev–Trinajstić information content (AvgIpc) is 2.74. The Hall–Kier alpha value is -1.30. The summed E-state index contributed by atoms with van der Waals surface area (Å²) >= 11 is 2.19. The molecule has 0 aliphatic heterocycles. The van der Waals surface area contributed by atoms with Crippen molar-refractivity contribution in [1.82, 2.24) is 0 Å². The molecular weight excluding hydrogens is 355 g/mol. The standard InChI is InChI=1S/C15H13IO3/c1-7-6-18-13-9(3)14-11(4-10(7)13)8(2)12(5-16)15(17)19-14/h4,6H,5H2,1-3H3. The fourth-order valence-corrected chi connectivity index (χ4v) is 3.36. The van der Waals surface area contributed by atoms with Gasteiger partial charge < -0.3 is 8.83 Å². The second kappa shape index (κ2) is 4.37. The van der Waals surface area contributed by atoms with Crippen molar-refractivity contribution in [3.05, 3.63) is 45.0 Å². The van der Waals surface area contributed by atoms with E-state index >= 15 is 0 Å². The molecule has 0 bridgehead atoms. The molecule has 0 atom stereocenters. The Morgan fingerprint density at radius 2 is 1.84 bits per heavy atom. The van der Waals surface area contributed by atoms with E-state index in [0.29, 0.717) is 10.0 Å². The van der Waals surface area contributed by atoms with Gasteiger partial charge in [-0.3, -0.25) is 0 Å². The third-order valence-electron chi connectivity index (χ3n) is 3.67. The van der Waals surface area contributed by atoms with Crippen LogP contribution < -0.4 is 5.63 Å². The monoisotopic (exact) mass is 368 g/mol. The first-order valence-corrected chi connectivity index (χ1v) is 7.56. The number of alkyl halides is 1. The molecule has 0 aliphatic carbocycles. The summed E-state index contributed by atoms with van der Waals surface area (Å²) in [5.74, 6) is 0. The van der Waals surface area contributed by atoms with E-state index < -0.39 is 0 Å². The molecule has 3 aromatic rings. The molecule has 4 heteroatoms. The lowest BCUT2D eigenvalue weighted by atomic mass is 10.0. The van der Waals surface area contributed by atoms with Crippen LogP contribution in [-0.4, -0.2) is 0 Å². The van der Waals surface area contributed by atoms with Crippen molar-refractivity contribution in [2.75, 3.05) is 0 Å². The Bertz CT molecular complexity index is 855. The molecule has 0 unspecified atom stereocenters. The van der Waals surface area contributed by atoms with Gasteiger partial charge >= 0.3 is 5.63 Å². The molecule has 0 aliphatic rings. The Morgan fingerprint density at radius 3 is 2.53 bits per heavy atom. The molecule has 0 N–H and O–H groups in total. The number of benzene rings is 1. The van der Waals surface area contributed by atoms with Crippen LogP contribution in [0.15, 0.2) is 26.0 Å². The van der Waals surface area contributed by atoms with Gasteiger partial charge in [0.2, 0.25) is 0 Å². The molecular formula is C15H13IO3. The Morgan fingerprint density at radius 1 is 1.11 bits per heavy atom. The smallest absolute Gasteiger partial charge is 0.340 e. The molecule has 0 spiro atoms. The molecule has 2 heterocycles. The van der Waals surface area contributed by atoms with Gasteiger partial charge in [-0.25, -0.2) is 4.79 Å². The maximum absolute atomic E-state index is 12.0. The summed E-state index contributed by atoms with van der Waals surface area (Å²) in [6.45, 7) is 5.93.